The number of hydrogen-bond acceptors (Lipinski definition) is 2. The van der Waals surface area contributed by atoms with Gasteiger partial charge in [0.2, 0.25) is 5.91 Å². The molecule has 2 rings (SSSR count). The van der Waals surface area contributed by atoms with E-state index in [4.69, 9.17) is 4.74 Å². The van der Waals surface area contributed by atoms with Gasteiger partial charge in [0, 0.05) is 13.0 Å². The van der Waals surface area contributed by atoms with Gasteiger partial charge >= 0.3 is 0 Å². The molecule has 0 radical (unpaired) electrons. The van der Waals surface area contributed by atoms with E-state index in [1.165, 1.54) is 12.1 Å². The molecule has 2 aromatic carbocycles. The lowest BCUT2D eigenvalue weighted by molar-refractivity contribution is -0.121. The Hall–Kier alpha value is -2.36. The fraction of sp³-hybridized carbons (Fsp3) is 0.316. The van der Waals surface area contributed by atoms with Gasteiger partial charge in [-0.1, -0.05) is 24.3 Å². The van der Waals surface area contributed by atoms with Crippen LogP contribution >= 0.6 is 0 Å². The maximum Gasteiger partial charge on any atom is 0.220 e. The van der Waals surface area contributed by atoms with Gasteiger partial charge in [-0.25, -0.2) is 4.39 Å². The fourth-order valence-corrected chi connectivity index (χ4v) is 2.20. The molecule has 122 valence electrons. The van der Waals surface area contributed by atoms with E-state index >= 15 is 0 Å². The first-order valence-electron chi connectivity index (χ1n) is 7.79. The summed E-state index contributed by atoms with van der Waals surface area (Å²) in [6, 6.07) is 13.9. The van der Waals surface area contributed by atoms with Gasteiger partial charge in [0.25, 0.3) is 0 Å². The number of carbonyl (C=O) groups is 1. The number of rotatable bonds is 7. The van der Waals surface area contributed by atoms with Gasteiger partial charge in [-0.2, -0.15) is 0 Å². The van der Waals surface area contributed by atoms with Crippen molar-refractivity contribution in [2.45, 2.75) is 39.3 Å². The number of amides is 1. The van der Waals surface area contributed by atoms with E-state index in [-0.39, 0.29) is 17.8 Å². The fourth-order valence-electron chi connectivity index (χ4n) is 2.20. The van der Waals surface area contributed by atoms with Gasteiger partial charge in [0.1, 0.15) is 11.6 Å². The second kappa shape index (κ2) is 8.32. The second-order valence-corrected chi connectivity index (χ2v) is 5.72. The minimum Gasteiger partial charge on any atom is -0.491 e. The number of nitrogens with one attached hydrogen (secondary N) is 1. The lowest BCUT2D eigenvalue weighted by Gasteiger charge is -2.11. The zero-order chi connectivity index (χ0) is 16.7. The first kappa shape index (κ1) is 17.0. The molecule has 0 bridgehead atoms. The predicted octanol–water partition coefficient (Wildman–Crippen LogP) is 3.86. The third-order valence-corrected chi connectivity index (χ3v) is 3.31. The van der Waals surface area contributed by atoms with Crippen LogP contribution in [0.3, 0.4) is 0 Å². The van der Waals surface area contributed by atoms with E-state index in [2.05, 4.69) is 5.32 Å². The molecule has 0 spiro atoms. The van der Waals surface area contributed by atoms with E-state index in [9.17, 15) is 9.18 Å². The Kier molecular flexibility index (Phi) is 6.15. The first-order valence-corrected chi connectivity index (χ1v) is 7.79. The zero-order valence-electron chi connectivity index (χ0n) is 13.5. The lowest BCUT2D eigenvalue weighted by atomic mass is 10.1. The van der Waals surface area contributed by atoms with Gasteiger partial charge in [-0.05, 0) is 55.7 Å². The average molecular weight is 315 g/mol. The molecular formula is C19H22FNO2. The summed E-state index contributed by atoms with van der Waals surface area (Å²) < 4.78 is 18.4. The SMILES string of the molecule is CC(C)Oc1cccc(CNC(=O)CCc2ccc(F)cc2)c1. The van der Waals surface area contributed by atoms with Crippen LogP contribution in [0.15, 0.2) is 48.5 Å². The van der Waals surface area contributed by atoms with Crippen molar-refractivity contribution in [2.24, 2.45) is 0 Å². The van der Waals surface area contributed by atoms with Gasteiger partial charge in [-0.15, -0.1) is 0 Å². The molecule has 4 heteroatoms. The number of benzene rings is 2. The average Bonchev–Trinajstić information content (AvgIpc) is 2.52. The highest BCUT2D eigenvalue weighted by molar-refractivity contribution is 5.76. The molecule has 0 aliphatic rings. The Balaban J connectivity index is 1.78. The van der Waals surface area contributed by atoms with Crippen LogP contribution in [0.1, 0.15) is 31.4 Å². The summed E-state index contributed by atoms with van der Waals surface area (Å²) in [5, 5.41) is 2.89. The molecule has 23 heavy (non-hydrogen) atoms. The molecule has 2 aromatic rings. The smallest absolute Gasteiger partial charge is 0.220 e. The highest BCUT2D eigenvalue weighted by atomic mass is 19.1. The van der Waals surface area contributed by atoms with Crippen LogP contribution in [0.2, 0.25) is 0 Å². The predicted molar refractivity (Wildman–Crippen MR) is 88.8 cm³/mol. The number of halogens is 1. The van der Waals surface area contributed by atoms with Crippen LogP contribution in [-0.2, 0) is 17.8 Å². The standard InChI is InChI=1S/C19H22FNO2/c1-14(2)23-18-5-3-4-16(12-18)13-21-19(22)11-8-15-6-9-17(20)10-7-15/h3-7,9-10,12,14H,8,11,13H2,1-2H3,(H,21,22). The van der Waals surface area contributed by atoms with Gasteiger partial charge in [0.15, 0.2) is 0 Å². The van der Waals surface area contributed by atoms with Crippen molar-refractivity contribution in [1.82, 2.24) is 5.32 Å². The largest absolute Gasteiger partial charge is 0.491 e. The molecule has 1 N–H and O–H groups in total. The van der Waals surface area contributed by atoms with Crippen molar-refractivity contribution in [1.29, 1.82) is 0 Å². The highest BCUT2D eigenvalue weighted by Gasteiger charge is 2.04. The second-order valence-electron chi connectivity index (χ2n) is 5.72. The van der Waals surface area contributed by atoms with E-state index in [0.717, 1.165) is 16.9 Å². The van der Waals surface area contributed by atoms with E-state index in [1.807, 2.05) is 38.1 Å². The Morgan fingerprint density at radius 3 is 2.57 bits per heavy atom. The summed E-state index contributed by atoms with van der Waals surface area (Å²) in [5.74, 6) is 0.518. The van der Waals surface area contributed by atoms with Crippen LogP contribution in [0.5, 0.6) is 5.75 Å². The summed E-state index contributed by atoms with van der Waals surface area (Å²) in [6.07, 6.45) is 1.10. The zero-order valence-corrected chi connectivity index (χ0v) is 13.5. The molecule has 0 aliphatic heterocycles. The molecule has 0 saturated carbocycles. The normalized spacial score (nSPS) is 10.6. The Morgan fingerprint density at radius 2 is 1.87 bits per heavy atom. The number of ether oxygens (including phenoxy) is 1. The molecule has 0 unspecified atom stereocenters. The first-order chi connectivity index (χ1) is 11.0. The van der Waals surface area contributed by atoms with Crippen molar-refractivity contribution in [3.63, 3.8) is 0 Å². The number of carbonyl (C=O) groups excluding carboxylic acids is 1. The number of hydrogen-bond donors (Lipinski definition) is 1. The maximum absolute atomic E-state index is 12.8. The molecule has 0 fully saturated rings. The summed E-state index contributed by atoms with van der Waals surface area (Å²) in [4.78, 5) is 11.9. The molecule has 0 aliphatic carbocycles. The summed E-state index contributed by atoms with van der Waals surface area (Å²) in [6.45, 7) is 4.42. The van der Waals surface area contributed by atoms with Gasteiger partial charge in [-0.3, -0.25) is 4.79 Å². The summed E-state index contributed by atoms with van der Waals surface area (Å²) in [7, 11) is 0. The summed E-state index contributed by atoms with van der Waals surface area (Å²) >= 11 is 0. The third kappa shape index (κ3) is 6.10. The van der Waals surface area contributed by atoms with Crippen LogP contribution in [-0.4, -0.2) is 12.0 Å². The van der Waals surface area contributed by atoms with E-state index in [0.29, 0.717) is 19.4 Å². The lowest BCUT2D eigenvalue weighted by Crippen LogP contribution is -2.23. The monoisotopic (exact) mass is 315 g/mol. The molecule has 1 amide bonds. The molecule has 0 heterocycles. The van der Waals surface area contributed by atoms with Gasteiger partial charge in [0.05, 0.1) is 6.10 Å². The van der Waals surface area contributed by atoms with Gasteiger partial charge < -0.3 is 10.1 Å². The molecular weight excluding hydrogens is 293 g/mol. The Morgan fingerprint density at radius 1 is 1.13 bits per heavy atom. The quantitative estimate of drug-likeness (QED) is 0.842. The molecule has 0 saturated heterocycles. The molecule has 3 nitrogen and oxygen atoms in total. The Bertz CT molecular complexity index is 638. The molecule has 0 aromatic heterocycles. The third-order valence-electron chi connectivity index (χ3n) is 3.31. The van der Waals surface area contributed by atoms with Crippen molar-refractivity contribution >= 4 is 5.91 Å². The van der Waals surface area contributed by atoms with E-state index in [1.54, 1.807) is 12.1 Å². The van der Waals surface area contributed by atoms with Crippen LogP contribution in [0.4, 0.5) is 4.39 Å². The van der Waals surface area contributed by atoms with Crippen LogP contribution in [0.25, 0.3) is 0 Å². The minimum absolute atomic E-state index is 0.0236. The van der Waals surface area contributed by atoms with Crippen LogP contribution in [0, 0.1) is 5.82 Å². The maximum atomic E-state index is 12.8. The van der Waals surface area contributed by atoms with Crippen molar-refractivity contribution in [2.75, 3.05) is 0 Å². The number of aryl methyl sites for hydroxylation is 1. The Labute approximate surface area is 136 Å². The van der Waals surface area contributed by atoms with E-state index < -0.39 is 0 Å². The minimum atomic E-state index is -0.262. The van der Waals surface area contributed by atoms with Crippen molar-refractivity contribution in [3.8, 4) is 5.75 Å². The van der Waals surface area contributed by atoms with Crippen molar-refractivity contribution < 1.29 is 13.9 Å². The van der Waals surface area contributed by atoms with Crippen LogP contribution < -0.4 is 10.1 Å². The van der Waals surface area contributed by atoms with Crippen molar-refractivity contribution in [3.05, 3.63) is 65.5 Å². The summed E-state index contributed by atoms with van der Waals surface area (Å²) in [5.41, 5.74) is 1.95. The highest BCUT2D eigenvalue weighted by Crippen LogP contribution is 2.15. The molecule has 0 atom stereocenters. The topological polar surface area (TPSA) is 38.3 Å².